The fourth-order valence-corrected chi connectivity index (χ4v) is 3.12. The first-order valence-corrected chi connectivity index (χ1v) is 7.69. The molecule has 2 aromatic carbocycles. The van der Waals surface area contributed by atoms with Crippen molar-refractivity contribution in [3.8, 4) is 5.75 Å². The summed E-state index contributed by atoms with van der Waals surface area (Å²) in [4.78, 5) is 2.40. The van der Waals surface area contributed by atoms with Crippen molar-refractivity contribution in [2.75, 3.05) is 20.1 Å². The Morgan fingerprint density at radius 2 is 1.82 bits per heavy atom. The van der Waals surface area contributed by atoms with Crippen LogP contribution in [0.15, 0.2) is 54.6 Å². The molecule has 0 unspecified atom stereocenters. The van der Waals surface area contributed by atoms with Crippen molar-refractivity contribution in [2.45, 2.75) is 25.4 Å². The molecule has 0 bridgehead atoms. The van der Waals surface area contributed by atoms with Gasteiger partial charge in [-0.15, -0.1) is 12.4 Å². The zero-order valence-electron chi connectivity index (χ0n) is 13.2. The first-order valence-electron chi connectivity index (χ1n) is 7.69. The van der Waals surface area contributed by atoms with Gasteiger partial charge in [-0.05, 0) is 43.7 Å². The summed E-state index contributed by atoms with van der Waals surface area (Å²) < 4.78 is 6.32. The van der Waals surface area contributed by atoms with Crippen LogP contribution in [0.5, 0.6) is 5.75 Å². The van der Waals surface area contributed by atoms with E-state index in [2.05, 4.69) is 73.5 Å². The van der Waals surface area contributed by atoms with Gasteiger partial charge in [-0.2, -0.15) is 0 Å². The van der Waals surface area contributed by atoms with Gasteiger partial charge in [0.15, 0.2) is 0 Å². The molecule has 1 saturated heterocycles. The van der Waals surface area contributed by atoms with Gasteiger partial charge in [-0.1, -0.05) is 42.5 Å². The Bertz CT molecular complexity index is 587. The molecule has 118 valence electrons. The molecule has 3 rings (SSSR count). The Morgan fingerprint density at radius 1 is 1.05 bits per heavy atom. The normalized spacial score (nSPS) is 21.9. The van der Waals surface area contributed by atoms with Crippen molar-refractivity contribution in [2.24, 2.45) is 0 Å². The number of rotatable bonds is 3. The first-order chi connectivity index (χ1) is 10.2. The van der Waals surface area contributed by atoms with Crippen molar-refractivity contribution >= 4 is 12.4 Å². The lowest BCUT2D eigenvalue weighted by Gasteiger charge is -2.37. The van der Waals surface area contributed by atoms with E-state index in [1.807, 2.05) is 0 Å². The van der Waals surface area contributed by atoms with E-state index in [1.165, 1.54) is 11.1 Å². The van der Waals surface area contributed by atoms with Crippen molar-refractivity contribution in [1.82, 2.24) is 4.90 Å². The monoisotopic (exact) mass is 317 g/mol. The molecule has 0 saturated carbocycles. The van der Waals surface area contributed by atoms with Crippen LogP contribution in [0, 0.1) is 6.92 Å². The number of likely N-dealkylation sites (N-methyl/N-ethyl adjacent to an activating group) is 1. The third-order valence-electron chi connectivity index (χ3n) is 4.26. The number of halogens is 1. The van der Waals surface area contributed by atoms with E-state index >= 15 is 0 Å². The molecule has 3 heteroatoms. The smallest absolute Gasteiger partial charge is 0.120 e. The maximum atomic E-state index is 6.32. The third-order valence-corrected chi connectivity index (χ3v) is 4.26. The highest BCUT2D eigenvalue weighted by Crippen LogP contribution is 2.30. The average molecular weight is 318 g/mol. The fraction of sp³-hybridized carbons (Fsp3) is 0.368. The molecule has 1 heterocycles. The standard InChI is InChI=1S/C19H23NO.ClH/c1-15-7-6-10-17(13-15)21-19-11-12-20(2)14-18(19)16-8-4-3-5-9-16;/h3-10,13,18-19H,11-12,14H2,1-2H3;1H/t18-,19+;/m0./s1. The van der Waals surface area contributed by atoms with E-state index in [-0.39, 0.29) is 18.5 Å². The van der Waals surface area contributed by atoms with Gasteiger partial charge >= 0.3 is 0 Å². The Morgan fingerprint density at radius 3 is 2.55 bits per heavy atom. The minimum atomic E-state index is 0. The molecule has 0 radical (unpaired) electrons. The van der Waals surface area contributed by atoms with E-state index in [9.17, 15) is 0 Å². The van der Waals surface area contributed by atoms with Gasteiger partial charge in [-0.25, -0.2) is 0 Å². The zero-order valence-corrected chi connectivity index (χ0v) is 14.1. The molecule has 2 nitrogen and oxygen atoms in total. The summed E-state index contributed by atoms with van der Waals surface area (Å²) in [5.41, 5.74) is 2.62. The molecule has 0 aliphatic carbocycles. The van der Waals surface area contributed by atoms with Crippen LogP contribution in [0.4, 0.5) is 0 Å². The van der Waals surface area contributed by atoms with Gasteiger partial charge < -0.3 is 9.64 Å². The molecule has 0 spiro atoms. The lowest BCUT2D eigenvalue weighted by molar-refractivity contribution is 0.0902. The molecular formula is C19H24ClNO. The summed E-state index contributed by atoms with van der Waals surface area (Å²) in [7, 11) is 2.19. The van der Waals surface area contributed by atoms with Gasteiger partial charge in [0.25, 0.3) is 0 Å². The summed E-state index contributed by atoms with van der Waals surface area (Å²) in [6.07, 6.45) is 1.33. The van der Waals surface area contributed by atoms with E-state index in [4.69, 9.17) is 4.74 Å². The highest BCUT2D eigenvalue weighted by molar-refractivity contribution is 5.85. The predicted octanol–water partition coefficient (Wildman–Crippen LogP) is 4.28. The van der Waals surface area contributed by atoms with Crippen LogP contribution in [0.1, 0.15) is 23.5 Å². The van der Waals surface area contributed by atoms with Gasteiger partial charge in [0.2, 0.25) is 0 Å². The SMILES string of the molecule is Cc1cccc(O[C@@H]2CCN(C)C[C@H]2c2ccccc2)c1.Cl. The van der Waals surface area contributed by atoms with Crippen LogP contribution in [0.2, 0.25) is 0 Å². The summed E-state index contributed by atoms with van der Waals surface area (Å²) in [6, 6.07) is 19.1. The van der Waals surface area contributed by atoms with Crippen LogP contribution in [-0.2, 0) is 0 Å². The lowest BCUT2D eigenvalue weighted by Crippen LogP contribution is -2.42. The van der Waals surface area contributed by atoms with Gasteiger partial charge in [0, 0.05) is 19.0 Å². The number of piperidine rings is 1. The van der Waals surface area contributed by atoms with Gasteiger partial charge in [-0.3, -0.25) is 0 Å². The lowest BCUT2D eigenvalue weighted by atomic mass is 9.88. The number of ether oxygens (including phenoxy) is 1. The molecule has 1 aliphatic heterocycles. The highest BCUT2D eigenvalue weighted by Gasteiger charge is 2.30. The second kappa shape index (κ2) is 7.66. The van der Waals surface area contributed by atoms with Gasteiger partial charge in [0.05, 0.1) is 0 Å². The summed E-state index contributed by atoms with van der Waals surface area (Å²) in [5.74, 6) is 1.43. The predicted molar refractivity (Wildman–Crippen MR) is 94.1 cm³/mol. The van der Waals surface area contributed by atoms with E-state index < -0.39 is 0 Å². The quantitative estimate of drug-likeness (QED) is 0.837. The maximum Gasteiger partial charge on any atom is 0.120 e. The highest BCUT2D eigenvalue weighted by atomic mass is 35.5. The van der Waals surface area contributed by atoms with Crippen LogP contribution in [0.3, 0.4) is 0 Å². The van der Waals surface area contributed by atoms with Crippen LogP contribution in [0.25, 0.3) is 0 Å². The van der Waals surface area contributed by atoms with Crippen LogP contribution >= 0.6 is 12.4 Å². The summed E-state index contributed by atoms with van der Waals surface area (Å²) >= 11 is 0. The van der Waals surface area contributed by atoms with E-state index in [1.54, 1.807) is 0 Å². The second-order valence-electron chi connectivity index (χ2n) is 6.04. The summed E-state index contributed by atoms with van der Waals surface area (Å²) in [6.45, 7) is 4.26. The Labute approximate surface area is 139 Å². The second-order valence-corrected chi connectivity index (χ2v) is 6.04. The van der Waals surface area contributed by atoms with Crippen molar-refractivity contribution in [3.63, 3.8) is 0 Å². The summed E-state index contributed by atoms with van der Waals surface area (Å²) in [5, 5.41) is 0. The van der Waals surface area contributed by atoms with Crippen molar-refractivity contribution in [3.05, 3.63) is 65.7 Å². The van der Waals surface area contributed by atoms with Gasteiger partial charge in [0.1, 0.15) is 11.9 Å². The zero-order chi connectivity index (χ0) is 14.7. The van der Waals surface area contributed by atoms with E-state index in [0.717, 1.165) is 25.3 Å². The molecule has 2 atom stereocenters. The third kappa shape index (κ3) is 4.02. The van der Waals surface area contributed by atoms with Crippen molar-refractivity contribution in [1.29, 1.82) is 0 Å². The molecule has 0 N–H and O–H groups in total. The van der Waals surface area contributed by atoms with Crippen molar-refractivity contribution < 1.29 is 4.74 Å². The largest absolute Gasteiger partial charge is 0.490 e. The first kappa shape index (κ1) is 16.9. The molecule has 0 aromatic heterocycles. The Kier molecular flexibility index (Phi) is 5.87. The number of hydrogen-bond donors (Lipinski definition) is 0. The number of hydrogen-bond acceptors (Lipinski definition) is 2. The minimum Gasteiger partial charge on any atom is -0.490 e. The Balaban J connectivity index is 0.00000176. The molecule has 22 heavy (non-hydrogen) atoms. The molecule has 0 amide bonds. The Hall–Kier alpha value is -1.51. The van der Waals surface area contributed by atoms with Crippen LogP contribution in [-0.4, -0.2) is 31.1 Å². The molecule has 1 aliphatic rings. The number of aryl methyl sites for hydroxylation is 1. The average Bonchev–Trinajstić information content (AvgIpc) is 2.50. The topological polar surface area (TPSA) is 12.5 Å². The van der Waals surface area contributed by atoms with E-state index in [0.29, 0.717) is 5.92 Å². The number of likely N-dealkylation sites (tertiary alicyclic amines) is 1. The number of benzene rings is 2. The molecule has 2 aromatic rings. The maximum absolute atomic E-state index is 6.32. The molecule has 1 fully saturated rings. The van der Waals surface area contributed by atoms with Crippen LogP contribution < -0.4 is 4.74 Å². The number of nitrogens with zero attached hydrogens (tertiary/aromatic N) is 1. The molecular weight excluding hydrogens is 294 g/mol. The minimum absolute atomic E-state index is 0. The fourth-order valence-electron chi connectivity index (χ4n) is 3.12.